The summed E-state index contributed by atoms with van der Waals surface area (Å²) < 4.78 is 47.1. The Labute approximate surface area is 250 Å². The van der Waals surface area contributed by atoms with Gasteiger partial charge < -0.3 is 53.3 Å². The smallest absolute Gasteiger partial charge is 0.340 e. The fraction of sp³-hybridized carbons (Fsp3) is 0.483. The molecule has 0 saturated carbocycles. The van der Waals surface area contributed by atoms with Crippen LogP contribution < -0.4 is 30.2 Å². The van der Waals surface area contributed by atoms with E-state index < -0.39 is 5.97 Å². The molecule has 238 valence electrons. The summed E-state index contributed by atoms with van der Waals surface area (Å²) in [7, 11) is 6.35. The summed E-state index contributed by atoms with van der Waals surface area (Å²) in [6.07, 6.45) is 1.36. The van der Waals surface area contributed by atoms with E-state index in [0.717, 1.165) is 0 Å². The number of carbonyl (C=O) groups excluding carboxylic acids is 1. The number of nitrogens with zero attached hydrogens (tertiary/aromatic N) is 1. The third kappa shape index (κ3) is 11.6. The summed E-state index contributed by atoms with van der Waals surface area (Å²) in [6, 6.07) is 6.37. The van der Waals surface area contributed by atoms with Crippen molar-refractivity contribution in [1.29, 1.82) is 0 Å². The van der Waals surface area contributed by atoms with Gasteiger partial charge in [0.2, 0.25) is 0 Å². The monoisotopic (exact) mass is 607 g/mol. The minimum atomic E-state index is -0.500. The maximum atomic E-state index is 11.9. The van der Waals surface area contributed by atoms with Crippen LogP contribution >= 0.6 is 0 Å². The first kappa shape index (κ1) is 35.1. The molecule has 0 aliphatic carbocycles. The molecule has 0 spiro atoms. The molecular formula is C29H41N3O11. The van der Waals surface area contributed by atoms with Gasteiger partial charge in [-0.3, -0.25) is 4.79 Å². The van der Waals surface area contributed by atoms with E-state index in [0.29, 0.717) is 86.8 Å². The Morgan fingerprint density at radius 1 is 0.721 bits per heavy atom. The number of esters is 1. The van der Waals surface area contributed by atoms with Crippen LogP contribution in [0.3, 0.4) is 0 Å². The Morgan fingerprint density at radius 2 is 1.19 bits per heavy atom. The fourth-order valence-electron chi connectivity index (χ4n) is 3.43. The number of benzene rings is 2. The highest BCUT2D eigenvalue weighted by Crippen LogP contribution is 2.33. The number of nitrogens with one attached hydrogen (secondary N) is 1. The van der Waals surface area contributed by atoms with Crippen LogP contribution in [-0.2, 0) is 23.7 Å². The van der Waals surface area contributed by atoms with E-state index in [9.17, 15) is 9.59 Å². The topological polar surface area (TPSA) is 172 Å². The minimum absolute atomic E-state index is 0.222. The maximum absolute atomic E-state index is 11.9. The lowest BCUT2D eigenvalue weighted by atomic mass is 10.1. The van der Waals surface area contributed by atoms with Crippen LogP contribution in [0.25, 0.3) is 10.9 Å². The molecule has 14 nitrogen and oxygen atoms in total. The van der Waals surface area contributed by atoms with Gasteiger partial charge in [-0.15, -0.1) is 0 Å². The zero-order valence-corrected chi connectivity index (χ0v) is 25.3. The third-order valence-electron chi connectivity index (χ3n) is 5.50. The molecule has 1 aromatic heterocycles. The number of nitrogens with two attached hydrogens (primary N) is 1. The standard InChI is InChI=1S/C15H23NO6.C14H18N2O5/c1-4-20-15(17)11-9-13(21-7-5-18-2)14(10-12(11)16)22-8-6-19-3;1-18-3-5-20-12-7-10-11(15-9-16-14(10)17)8-13(12)21-6-4-19-2/h9-10H,4-8,16H2,1-3H3;7-9H,3-6H2,1-2H3,(H,15,16,17). The first-order valence-corrected chi connectivity index (χ1v) is 13.5. The quantitative estimate of drug-likeness (QED) is 0.123. The van der Waals surface area contributed by atoms with Crippen LogP contribution in [0.15, 0.2) is 35.4 Å². The number of carbonyl (C=O) groups is 1. The third-order valence-corrected chi connectivity index (χ3v) is 5.50. The summed E-state index contributed by atoms with van der Waals surface area (Å²) in [6.45, 7) is 5.15. The van der Waals surface area contributed by atoms with Gasteiger partial charge in [-0.2, -0.15) is 0 Å². The fourth-order valence-corrected chi connectivity index (χ4v) is 3.43. The van der Waals surface area contributed by atoms with Gasteiger partial charge in [0.25, 0.3) is 5.56 Å². The van der Waals surface area contributed by atoms with Gasteiger partial charge in [0.1, 0.15) is 26.4 Å². The largest absolute Gasteiger partial charge is 0.487 e. The van der Waals surface area contributed by atoms with Crippen LogP contribution in [0, 0.1) is 0 Å². The first-order chi connectivity index (χ1) is 20.9. The number of aromatic nitrogens is 2. The summed E-state index contributed by atoms with van der Waals surface area (Å²) in [5, 5.41) is 0.448. The van der Waals surface area contributed by atoms with E-state index in [4.69, 9.17) is 48.4 Å². The number of aromatic amines is 1. The normalized spacial score (nSPS) is 10.5. The molecule has 0 radical (unpaired) electrons. The number of fused-ring (bicyclic) bond motifs is 1. The van der Waals surface area contributed by atoms with Crippen molar-refractivity contribution in [2.24, 2.45) is 0 Å². The van der Waals surface area contributed by atoms with Crippen LogP contribution in [-0.4, -0.2) is 104 Å². The molecule has 1 heterocycles. The molecule has 14 heteroatoms. The van der Waals surface area contributed by atoms with E-state index in [1.807, 2.05) is 0 Å². The number of rotatable bonds is 18. The number of anilines is 1. The van der Waals surface area contributed by atoms with Crippen LogP contribution in [0.2, 0.25) is 0 Å². The average Bonchev–Trinajstić information content (AvgIpc) is 2.99. The van der Waals surface area contributed by atoms with E-state index in [1.54, 1.807) is 53.6 Å². The van der Waals surface area contributed by atoms with Gasteiger partial charge in [0.15, 0.2) is 23.0 Å². The molecule has 0 atom stereocenters. The predicted octanol–water partition coefficient (Wildman–Crippen LogP) is 2.47. The van der Waals surface area contributed by atoms with Gasteiger partial charge in [0, 0.05) is 46.6 Å². The van der Waals surface area contributed by atoms with E-state index >= 15 is 0 Å². The van der Waals surface area contributed by atoms with Crippen molar-refractivity contribution in [2.45, 2.75) is 6.92 Å². The van der Waals surface area contributed by atoms with E-state index in [-0.39, 0.29) is 23.4 Å². The summed E-state index contributed by atoms with van der Waals surface area (Å²) in [5.74, 6) is 1.35. The molecular weight excluding hydrogens is 566 g/mol. The molecule has 0 aliphatic rings. The lowest BCUT2D eigenvalue weighted by molar-refractivity contribution is 0.0526. The number of hydrogen-bond donors (Lipinski definition) is 2. The Hall–Kier alpha value is -4.11. The van der Waals surface area contributed by atoms with Crippen molar-refractivity contribution in [3.8, 4) is 23.0 Å². The van der Waals surface area contributed by atoms with E-state index in [2.05, 4.69) is 9.97 Å². The Bertz CT molecular complexity index is 1320. The second-order valence-electron chi connectivity index (χ2n) is 8.52. The first-order valence-electron chi connectivity index (χ1n) is 13.5. The van der Waals surface area contributed by atoms with Gasteiger partial charge in [0.05, 0.1) is 61.5 Å². The number of hydrogen-bond acceptors (Lipinski definition) is 13. The molecule has 0 fully saturated rings. The Balaban J connectivity index is 0.000000300. The van der Waals surface area contributed by atoms with Crippen molar-refractivity contribution in [3.63, 3.8) is 0 Å². The van der Waals surface area contributed by atoms with Crippen molar-refractivity contribution < 1.29 is 47.4 Å². The number of ether oxygens (including phenoxy) is 9. The minimum Gasteiger partial charge on any atom is -0.487 e. The second-order valence-corrected chi connectivity index (χ2v) is 8.52. The van der Waals surface area contributed by atoms with Crippen molar-refractivity contribution in [2.75, 3.05) is 93.6 Å². The lowest BCUT2D eigenvalue weighted by Crippen LogP contribution is -2.12. The van der Waals surface area contributed by atoms with Crippen LogP contribution in [0.4, 0.5) is 5.69 Å². The number of nitrogen functional groups attached to an aromatic ring is 1. The van der Waals surface area contributed by atoms with E-state index in [1.165, 1.54) is 12.4 Å². The SMILES string of the molecule is CCOC(=O)c1cc(OCCOC)c(OCCOC)cc1N.COCCOc1cc2nc[nH]c(=O)c2cc1OCCOC. The number of methoxy groups -OCH3 is 4. The average molecular weight is 608 g/mol. The molecule has 0 amide bonds. The summed E-state index contributed by atoms with van der Waals surface area (Å²) in [5.41, 5.74) is 6.72. The zero-order valence-electron chi connectivity index (χ0n) is 25.3. The van der Waals surface area contributed by atoms with Crippen molar-refractivity contribution in [1.82, 2.24) is 9.97 Å². The molecule has 2 aromatic carbocycles. The Morgan fingerprint density at radius 3 is 1.67 bits per heavy atom. The summed E-state index contributed by atoms with van der Waals surface area (Å²) >= 11 is 0. The second kappa shape index (κ2) is 19.9. The molecule has 3 rings (SSSR count). The highest BCUT2D eigenvalue weighted by atomic mass is 16.6. The molecule has 0 saturated heterocycles. The maximum Gasteiger partial charge on any atom is 0.340 e. The molecule has 3 N–H and O–H groups in total. The Kier molecular flexibility index (Phi) is 16.2. The van der Waals surface area contributed by atoms with Gasteiger partial charge in [-0.25, -0.2) is 9.78 Å². The van der Waals surface area contributed by atoms with Crippen LogP contribution in [0.5, 0.6) is 23.0 Å². The molecule has 3 aromatic rings. The molecule has 43 heavy (non-hydrogen) atoms. The molecule has 0 bridgehead atoms. The van der Waals surface area contributed by atoms with Crippen molar-refractivity contribution in [3.05, 3.63) is 46.5 Å². The van der Waals surface area contributed by atoms with Gasteiger partial charge >= 0.3 is 5.97 Å². The number of H-pyrrole nitrogens is 1. The predicted molar refractivity (Wildman–Crippen MR) is 159 cm³/mol. The summed E-state index contributed by atoms with van der Waals surface area (Å²) in [4.78, 5) is 30.3. The van der Waals surface area contributed by atoms with Crippen molar-refractivity contribution >= 4 is 22.6 Å². The highest BCUT2D eigenvalue weighted by molar-refractivity contribution is 5.96. The van der Waals surface area contributed by atoms with Gasteiger partial charge in [-0.05, 0) is 13.0 Å². The van der Waals surface area contributed by atoms with Gasteiger partial charge in [-0.1, -0.05) is 0 Å². The highest BCUT2D eigenvalue weighted by Gasteiger charge is 2.17. The molecule has 0 aliphatic heterocycles. The lowest BCUT2D eigenvalue weighted by Gasteiger charge is -2.15. The van der Waals surface area contributed by atoms with Crippen LogP contribution in [0.1, 0.15) is 17.3 Å². The molecule has 0 unspecified atom stereocenters. The zero-order chi connectivity index (χ0) is 31.5.